The lowest BCUT2D eigenvalue weighted by Gasteiger charge is -2.16. The van der Waals surface area contributed by atoms with E-state index in [-0.39, 0.29) is 5.91 Å². The molecule has 1 amide bonds. The third kappa shape index (κ3) is 4.49. The van der Waals surface area contributed by atoms with Crippen LogP contribution in [0, 0.1) is 5.92 Å². The highest BCUT2D eigenvalue weighted by Gasteiger charge is 2.27. The van der Waals surface area contributed by atoms with Crippen LogP contribution < -0.4 is 11.5 Å². The molecule has 1 unspecified atom stereocenters. The summed E-state index contributed by atoms with van der Waals surface area (Å²) >= 11 is 0. The van der Waals surface area contributed by atoms with Gasteiger partial charge in [-0.25, -0.2) is 0 Å². The Labute approximate surface area is 98.3 Å². The molecule has 0 aromatic heterocycles. The van der Waals surface area contributed by atoms with Gasteiger partial charge in [-0.15, -0.1) is 0 Å². The summed E-state index contributed by atoms with van der Waals surface area (Å²) in [6, 6.07) is 0. The van der Waals surface area contributed by atoms with Crippen LogP contribution in [0.5, 0.6) is 0 Å². The van der Waals surface area contributed by atoms with Crippen LogP contribution in [0.2, 0.25) is 0 Å². The van der Waals surface area contributed by atoms with E-state index in [1.54, 1.807) is 0 Å². The molecule has 1 saturated heterocycles. The maximum atomic E-state index is 11.6. The Hall–Kier alpha value is -0.610. The maximum Gasteiger partial charge on any atom is 0.222 e. The monoisotopic (exact) mass is 227 g/mol. The summed E-state index contributed by atoms with van der Waals surface area (Å²) in [6.45, 7) is 3.22. The molecule has 16 heavy (non-hydrogen) atoms. The summed E-state index contributed by atoms with van der Waals surface area (Å²) in [4.78, 5) is 13.5. The molecule has 1 rings (SSSR count). The molecular formula is C12H25N3O. The molecule has 0 aromatic carbocycles. The van der Waals surface area contributed by atoms with E-state index >= 15 is 0 Å². The van der Waals surface area contributed by atoms with Gasteiger partial charge >= 0.3 is 0 Å². The summed E-state index contributed by atoms with van der Waals surface area (Å²) in [5.41, 5.74) is 11.0. The van der Waals surface area contributed by atoms with Crippen LogP contribution in [-0.4, -0.2) is 37.0 Å². The number of likely N-dealkylation sites (tertiary alicyclic amines) is 1. The van der Waals surface area contributed by atoms with E-state index in [9.17, 15) is 4.79 Å². The van der Waals surface area contributed by atoms with E-state index in [4.69, 9.17) is 11.5 Å². The van der Waals surface area contributed by atoms with E-state index in [1.807, 2.05) is 4.90 Å². The molecule has 0 spiro atoms. The van der Waals surface area contributed by atoms with E-state index in [0.29, 0.717) is 18.9 Å². The van der Waals surface area contributed by atoms with Gasteiger partial charge in [0.25, 0.3) is 0 Å². The van der Waals surface area contributed by atoms with Crippen molar-refractivity contribution < 1.29 is 4.79 Å². The van der Waals surface area contributed by atoms with Gasteiger partial charge in [0.15, 0.2) is 0 Å². The first-order valence-corrected chi connectivity index (χ1v) is 6.45. The second-order valence-corrected chi connectivity index (χ2v) is 4.70. The molecule has 1 heterocycles. The molecular weight excluding hydrogens is 202 g/mol. The van der Waals surface area contributed by atoms with Crippen LogP contribution in [-0.2, 0) is 4.79 Å². The Morgan fingerprint density at radius 1 is 1.12 bits per heavy atom. The van der Waals surface area contributed by atoms with Crippen molar-refractivity contribution in [2.45, 2.75) is 38.5 Å². The van der Waals surface area contributed by atoms with Crippen molar-refractivity contribution >= 4 is 5.91 Å². The number of amides is 1. The Balaban J connectivity index is 2.03. The van der Waals surface area contributed by atoms with E-state index < -0.39 is 0 Å². The number of hydrogen-bond donors (Lipinski definition) is 2. The average Bonchev–Trinajstić information content (AvgIpc) is 2.65. The highest BCUT2D eigenvalue weighted by molar-refractivity contribution is 5.78. The average molecular weight is 227 g/mol. The predicted molar refractivity (Wildman–Crippen MR) is 65.9 cm³/mol. The number of unbranched alkanes of at least 4 members (excludes halogenated alkanes) is 4. The standard InChI is InChI=1S/C12H25N3O/c13-6-4-2-1-3-5-7-15-10-11(9-14)8-12(15)16/h11H,1-10,13-14H2. The molecule has 0 radical (unpaired) electrons. The van der Waals surface area contributed by atoms with Crippen LogP contribution in [0.3, 0.4) is 0 Å². The number of nitrogens with two attached hydrogens (primary N) is 2. The minimum absolute atomic E-state index is 0.289. The van der Waals surface area contributed by atoms with Crippen LogP contribution in [0.4, 0.5) is 0 Å². The second-order valence-electron chi connectivity index (χ2n) is 4.70. The summed E-state index contributed by atoms with van der Waals surface area (Å²) in [5, 5.41) is 0. The summed E-state index contributed by atoms with van der Waals surface area (Å²) < 4.78 is 0. The van der Waals surface area contributed by atoms with Gasteiger partial charge in [0.05, 0.1) is 0 Å². The number of rotatable bonds is 8. The fraction of sp³-hybridized carbons (Fsp3) is 0.917. The van der Waals surface area contributed by atoms with Gasteiger partial charge in [0.2, 0.25) is 5.91 Å². The molecule has 0 aliphatic carbocycles. The fourth-order valence-corrected chi connectivity index (χ4v) is 2.21. The highest BCUT2D eigenvalue weighted by Crippen LogP contribution is 2.17. The molecule has 4 nitrogen and oxygen atoms in total. The van der Waals surface area contributed by atoms with Gasteiger partial charge in [-0.2, -0.15) is 0 Å². The molecule has 1 aliphatic rings. The zero-order valence-corrected chi connectivity index (χ0v) is 10.2. The predicted octanol–water partition coefficient (Wildman–Crippen LogP) is 0.703. The third-order valence-corrected chi connectivity index (χ3v) is 3.26. The summed E-state index contributed by atoms with van der Waals surface area (Å²) in [7, 11) is 0. The first-order chi connectivity index (χ1) is 7.77. The maximum absolute atomic E-state index is 11.6. The first kappa shape index (κ1) is 13.5. The molecule has 4 heteroatoms. The number of hydrogen-bond acceptors (Lipinski definition) is 3. The van der Waals surface area contributed by atoms with Crippen molar-refractivity contribution in [3.8, 4) is 0 Å². The highest BCUT2D eigenvalue weighted by atomic mass is 16.2. The zero-order chi connectivity index (χ0) is 11.8. The third-order valence-electron chi connectivity index (χ3n) is 3.26. The van der Waals surface area contributed by atoms with Gasteiger partial charge in [0.1, 0.15) is 0 Å². The topological polar surface area (TPSA) is 72.3 Å². The molecule has 0 bridgehead atoms. The number of carbonyl (C=O) groups is 1. The van der Waals surface area contributed by atoms with Crippen molar-refractivity contribution in [2.75, 3.05) is 26.2 Å². The minimum Gasteiger partial charge on any atom is -0.342 e. The minimum atomic E-state index is 0.289. The van der Waals surface area contributed by atoms with E-state index in [1.165, 1.54) is 19.3 Å². The molecule has 0 aromatic rings. The molecule has 4 N–H and O–H groups in total. The zero-order valence-electron chi connectivity index (χ0n) is 10.2. The smallest absolute Gasteiger partial charge is 0.222 e. The van der Waals surface area contributed by atoms with E-state index in [0.717, 1.165) is 32.5 Å². The molecule has 94 valence electrons. The molecule has 1 fully saturated rings. The summed E-state index contributed by atoms with van der Waals surface area (Å²) in [5.74, 6) is 0.683. The lowest BCUT2D eigenvalue weighted by molar-refractivity contribution is -0.127. The SMILES string of the molecule is NCCCCCCCN1CC(CN)CC1=O. The fourth-order valence-electron chi connectivity index (χ4n) is 2.21. The first-order valence-electron chi connectivity index (χ1n) is 6.45. The van der Waals surface area contributed by atoms with Crippen LogP contribution in [0.25, 0.3) is 0 Å². The second kappa shape index (κ2) is 7.63. The normalized spacial score (nSPS) is 20.8. The summed E-state index contributed by atoms with van der Waals surface area (Å²) in [6.07, 6.45) is 6.56. The van der Waals surface area contributed by atoms with Crippen molar-refractivity contribution in [1.29, 1.82) is 0 Å². The van der Waals surface area contributed by atoms with Crippen LogP contribution >= 0.6 is 0 Å². The van der Waals surface area contributed by atoms with Gasteiger partial charge in [-0.3, -0.25) is 4.79 Å². The van der Waals surface area contributed by atoms with Crippen LogP contribution in [0.15, 0.2) is 0 Å². The number of nitrogens with zero attached hydrogens (tertiary/aromatic N) is 1. The van der Waals surface area contributed by atoms with Crippen molar-refractivity contribution in [3.63, 3.8) is 0 Å². The van der Waals surface area contributed by atoms with Gasteiger partial charge < -0.3 is 16.4 Å². The Morgan fingerprint density at radius 3 is 2.44 bits per heavy atom. The van der Waals surface area contributed by atoms with Gasteiger partial charge in [-0.05, 0) is 31.8 Å². The Kier molecular flexibility index (Phi) is 6.42. The van der Waals surface area contributed by atoms with Crippen molar-refractivity contribution in [2.24, 2.45) is 17.4 Å². The molecule has 1 aliphatic heterocycles. The Bertz CT molecular complexity index is 208. The number of carbonyl (C=O) groups excluding carboxylic acids is 1. The lowest BCUT2D eigenvalue weighted by atomic mass is 10.1. The quantitative estimate of drug-likeness (QED) is 0.600. The van der Waals surface area contributed by atoms with Gasteiger partial charge in [0, 0.05) is 19.5 Å². The lowest BCUT2D eigenvalue weighted by Crippen LogP contribution is -2.27. The van der Waals surface area contributed by atoms with Crippen molar-refractivity contribution in [1.82, 2.24) is 4.90 Å². The Morgan fingerprint density at radius 2 is 1.81 bits per heavy atom. The largest absolute Gasteiger partial charge is 0.342 e. The molecule has 0 saturated carbocycles. The van der Waals surface area contributed by atoms with Gasteiger partial charge in [-0.1, -0.05) is 19.3 Å². The van der Waals surface area contributed by atoms with Crippen molar-refractivity contribution in [3.05, 3.63) is 0 Å². The van der Waals surface area contributed by atoms with E-state index in [2.05, 4.69) is 0 Å². The van der Waals surface area contributed by atoms with Crippen LogP contribution in [0.1, 0.15) is 38.5 Å². The molecule has 1 atom stereocenters.